The maximum absolute atomic E-state index is 9.18. The van der Waals surface area contributed by atoms with Crippen LogP contribution in [0.3, 0.4) is 0 Å². The predicted molar refractivity (Wildman–Crippen MR) is 69.3 cm³/mol. The Hall–Kier alpha value is -1.57. The van der Waals surface area contributed by atoms with Crippen molar-refractivity contribution < 1.29 is 9.84 Å². The Bertz CT molecular complexity index is 446. The number of piperidine rings is 1. The lowest BCUT2D eigenvalue weighted by Gasteiger charge is -2.33. The van der Waals surface area contributed by atoms with Crippen molar-refractivity contribution in [2.75, 3.05) is 25.1 Å². The molecule has 4 heteroatoms. The first-order valence-corrected chi connectivity index (χ1v) is 6.20. The van der Waals surface area contributed by atoms with E-state index >= 15 is 0 Å². The summed E-state index contributed by atoms with van der Waals surface area (Å²) in [5.41, 5.74) is 2.38. The standard InChI is InChI=1S/C14H18N2O2/c1-18-13-4-6-16(7-5-13)14-3-2-11(10-17)8-12(14)9-15/h2-3,8,13,17H,4-7,10H2,1H3. The lowest BCUT2D eigenvalue weighted by Crippen LogP contribution is -2.37. The van der Waals surface area contributed by atoms with E-state index in [-0.39, 0.29) is 6.61 Å². The number of anilines is 1. The largest absolute Gasteiger partial charge is 0.392 e. The van der Waals surface area contributed by atoms with E-state index in [0.717, 1.165) is 37.2 Å². The topological polar surface area (TPSA) is 56.5 Å². The van der Waals surface area contributed by atoms with Gasteiger partial charge in [0.25, 0.3) is 0 Å². The Labute approximate surface area is 107 Å². The molecule has 1 aliphatic heterocycles. The first kappa shape index (κ1) is 12.9. The number of ether oxygens (including phenoxy) is 1. The van der Waals surface area contributed by atoms with Gasteiger partial charge in [0.1, 0.15) is 6.07 Å². The molecule has 0 unspecified atom stereocenters. The Morgan fingerprint density at radius 3 is 2.72 bits per heavy atom. The smallest absolute Gasteiger partial charge is 0.101 e. The molecule has 0 atom stereocenters. The van der Waals surface area contributed by atoms with Gasteiger partial charge in [-0.1, -0.05) is 6.07 Å². The summed E-state index contributed by atoms with van der Waals surface area (Å²) in [5.74, 6) is 0. The summed E-state index contributed by atoms with van der Waals surface area (Å²) in [4.78, 5) is 2.22. The van der Waals surface area contributed by atoms with E-state index in [9.17, 15) is 5.26 Å². The zero-order chi connectivity index (χ0) is 13.0. The van der Waals surface area contributed by atoms with Gasteiger partial charge >= 0.3 is 0 Å². The van der Waals surface area contributed by atoms with Gasteiger partial charge in [-0.25, -0.2) is 0 Å². The third-order valence-electron chi connectivity index (χ3n) is 3.48. The number of aliphatic hydroxyl groups is 1. The summed E-state index contributed by atoms with van der Waals surface area (Å²) in [6.07, 6.45) is 2.31. The summed E-state index contributed by atoms with van der Waals surface area (Å²) < 4.78 is 5.34. The minimum absolute atomic E-state index is 0.0271. The zero-order valence-corrected chi connectivity index (χ0v) is 10.6. The molecule has 1 fully saturated rings. The van der Waals surface area contributed by atoms with Crippen molar-refractivity contribution in [1.82, 2.24) is 0 Å². The van der Waals surface area contributed by atoms with E-state index in [0.29, 0.717) is 11.7 Å². The summed E-state index contributed by atoms with van der Waals surface area (Å²) in [5, 5.41) is 18.3. The van der Waals surface area contributed by atoms with Crippen molar-refractivity contribution in [2.45, 2.75) is 25.6 Å². The van der Waals surface area contributed by atoms with Gasteiger partial charge in [-0.3, -0.25) is 0 Å². The molecule has 0 saturated carbocycles. The van der Waals surface area contributed by atoms with Crippen LogP contribution in [-0.4, -0.2) is 31.4 Å². The molecule has 1 aromatic rings. The third kappa shape index (κ3) is 2.63. The monoisotopic (exact) mass is 246 g/mol. The van der Waals surface area contributed by atoms with E-state index in [1.807, 2.05) is 12.1 Å². The van der Waals surface area contributed by atoms with Gasteiger partial charge in [0.05, 0.1) is 24.0 Å². The summed E-state index contributed by atoms with van der Waals surface area (Å²) in [6, 6.07) is 7.77. The van der Waals surface area contributed by atoms with Crippen LogP contribution in [-0.2, 0) is 11.3 Å². The SMILES string of the molecule is COC1CCN(c2ccc(CO)cc2C#N)CC1. The number of benzene rings is 1. The second-order valence-corrected chi connectivity index (χ2v) is 4.54. The fraction of sp³-hybridized carbons (Fsp3) is 0.500. The van der Waals surface area contributed by atoms with Crippen molar-refractivity contribution in [3.63, 3.8) is 0 Å². The molecule has 1 aromatic carbocycles. The minimum Gasteiger partial charge on any atom is -0.392 e. The highest BCUT2D eigenvalue weighted by Crippen LogP contribution is 2.25. The molecule has 0 aromatic heterocycles. The number of hydrogen-bond acceptors (Lipinski definition) is 4. The number of nitrogens with zero attached hydrogens (tertiary/aromatic N) is 2. The first-order chi connectivity index (χ1) is 8.78. The van der Waals surface area contributed by atoms with E-state index in [1.165, 1.54) is 0 Å². The lowest BCUT2D eigenvalue weighted by molar-refractivity contribution is 0.0819. The molecular formula is C14H18N2O2. The molecule has 0 radical (unpaired) electrons. The van der Waals surface area contributed by atoms with Crippen molar-refractivity contribution >= 4 is 5.69 Å². The highest BCUT2D eigenvalue weighted by atomic mass is 16.5. The summed E-state index contributed by atoms with van der Waals surface area (Å²) >= 11 is 0. The van der Waals surface area contributed by atoms with Crippen LogP contribution in [0.25, 0.3) is 0 Å². The number of rotatable bonds is 3. The molecule has 0 spiro atoms. The fourth-order valence-corrected chi connectivity index (χ4v) is 2.38. The predicted octanol–water partition coefficient (Wildman–Crippen LogP) is 1.67. The zero-order valence-electron chi connectivity index (χ0n) is 10.6. The van der Waals surface area contributed by atoms with Gasteiger partial charge in [-0.05, 0) is 30.5 Å². The average molecular weight is 246 g/mol. The molecule has 1 heterocycles. The van der Waals surface area contributed by atoms with E-state index < -0.39 is 0 Å². The van der Waals surface area contributed by atoms with Crippen LogP contribution in [0.4, 0.5) is 5.69 Å². The average Bonchev–Trinajstić information content (AvgIpc) is 2.46. The van der Waals surface area contributed by atoms with Crippen LogP contribution in [0.2, 0.25) is 0 Å². The normalized spacial score (nSPS) is 16.6. The second-order valence-electron chi connectivity index (χ2n) is 4.54. The quantitative estimate of drug-likeness (QED) is 0.881. The van der Waals surface area contributed by atoms with Gasteiger partial charge < -0.3 is 14.7 Å². The van der Waals surface area contributed by atoms with Gasteiger partial charge in [0.2, 0.25) is 0 Å². The van der Waals surface area contributed by atoms with E-state index in [1.54, 1.807) is 13.2 Å². The Morgan fingerprint density at radius 2 is 2.17 bits per heavy atom. The Kier molecular flexibility index (Phi) is 4.19. The molecule has 2 rings (SSSR count). The second kappa shape index (κ2) is 5.85. The Balaban J connectivity index is 2.16. The molecule has 1 aliphatic rings. The van der Waals surface area contributed by atoms with Crippen LogP contribution in [0.15, 0.2) is 18.2 Å². The lowest BCUT2D eigenvalue weighted by atomic mass is 10.0. The highest BCUT2D eigenvalue weighted by molar-refractivity contribution is 5.60. The maximum Gasteiger partial charge on any atom is 0.101 e. The highest BCUT2D eigenvalue weighted by Gasteiger charge is 2.20. The van der Waals surface area contributed by atoms with Crippen molar-refractivity contribution in [2.24, 2.45) is 0 Å². The molecule has 0 bridgehead atoms. The van der Waals surface area contributed by atoms with Crippen LogP contribution < -0.4 is 4.90 Å². The number of hydrogen-bond donors (Lipinski definition) is 1. The van der Waals surface area contributed by atoms with Crippen LogP contribution in [0.1, 0.15) is 24.0 Å². The molecule has 4 nitrogen and oxygen atoms in total. The van der Waals surface area contributed by atoms with Crippen molar-refractivity contribution in [3.8, 4) is 6.07 Å². The summed E-state index contributed by atoms with van der Waals surface area (Å²) in [7, 11) is 1.75. The molecule has 0 aliphatic carbocycles. The van der Waals surface area contributed by atoms with Gasteiger partial charge in [-0.2, -0.15) is 5.26 Å². The van der Waals surface area contributed by atoms with Crippen LogP contribution >= 0.6 is 0 Å². The Morgan fingerprint density at radius 1 is 1.44 bits per heavy atom. The first-order valence-electron chi connectivity index (χ1n) is 6.20. The minimum atomic E-state index is -0.0271. The van der Waals surface area contributed by atoms with Crippen molar-refractivity contribution in [1.29, 1.82) is 5.26 Å². The maximum atomic E-state index is 9.18. The van der Waals surface area contributed by atoms with E-state index in [4.69, 9.17) is 9.84 Å². The van der Waals surface area contributed by atoms with Gasteiger partial charge in [-0.15, -0.1) is 0 Å². The molecular weight excluding hydrogens is 228 g/mol. The van der Waals surface area contributed by atoms with Gasteiger partial charge in [0, 0.05) is 20.2 Å². The van der Waals surface area contributed by atoms with Crippen LogP contribution in [0, 0.1) is 11.3 Å². The van der Waals surface area contributed by atoms with Crippen LogP contribution in [0.5, 0.6) is 0 Å². The molecule has 18 heavy (non-hydrogen) atoms. The van der Waals surface area contributed by atoms with E-state index in [2.05, 4.69) is 11.0 Å². The molecule has 1 saturated heterocycles. The molecule has 96 valence electrons. The number of methoxy groups -OCH3 is 1. The van der Waals surface area contributed by atoms with Gasteiger partial charge in [0.15, 0.2) is 0 Å². The molecule has 0 amide bonds. The number of aliphatic hydroxyl groups excluding tert-OH is 1. The third-order valence-corrected chi connectivity index (χ3v) is 3.48. The molecule has 1 N–H and O–H groups in total. The summed E-state index contributed by atoms with van der Waals surface area (Å²) in [6.45, 7) is 1.79. The fourth-order valence-electron chi connectivity index (χ4n) is 2.38. The van der Waals surface area contributed by atoms with Crippen molar-refractivity contribution in [3.05, 3.63) is 29.3 Å². The number of nitriles is 1.